The number of carbonyl (C=O) groups is 4. The van der Waals surface area contributed by atoms with Crippen molar-refractivity contribution in [2.24, 2.45) is 29.6 Å². The zero-order valence-corrected chi connectivity index (χ0v) is 44.6. The fourth-order valence-electron chi connectivity index (χ4n) is 10.5. The molecule has 0 aromatic carbocycles. The van der Waals surface area contributed by atoms with E-state index >= 15 is 0 Å². The summed E-state index contributed by atoms with van der Waals surface area (Å²) in [5.41, 5.74) is 0.0882. The first-order valence-electron chi connectivity index (χ1n) is 24.9. The number of allylic oxidation sites excluding steroid dienone is 2. The highest BCUT2D eigenvalue weighted by Gasteiger charge is 2.57. The second kappa shape index (κ2) is 23.9. The van der Waals surface area contributed by atoms with Crippen molar-refractivity contribution in [2.75, 3.05) is 35.0 Å². The molecular weight excluding hydrogens is 875 g/mol. The van der Waals surface area contributed by atoms with Gasteiger partial charge >= 0.3 is 11.9 Å². The van der Waals surface area contributed by atoms with Gasteiger partial charge in [-0.3, -0.25) is 14.4 Å². The molecule has 15 heteroatoms. The van der Waals surface area contributed by atoms with Crippen molar-refractivity contribution >= 4 is 31.9 Å². The van der Waals surface area contributed by atoms with E-state index in [1.165, 1.54) is 26.2 Å². The molecule has 3 fully saturated rings. The minimum Gasteiger partial charge on any atom is -0.469 e. The number of piperidine rings is 1. The van der Waals surface area contributed by atoms with Crippen LogP contribution in [0.25, 0.3) is 0 Å². The Hall–Kier alpha value is -2.76. The van der Waals surface area contributed by atoms with E-state index < -0.39 is 91.5 Å². The van der Waals surface area contributed by atoms with Gasteiger partial charge in [0.25, 0.3) is 11.7 Å². The van der Waals surface area contributed by atoms with Gasteiger partial charge in [-0.2, -0.15) is 0 Å². The van der Waals surface area contributed by atoms with Crippen molar-refractivity contribution in [3.8, 4) is 0 Å². The smallest absolute Gasteiger partial charge is 0.329 e. The second-order valence-corrected chi connectivity index (χ2v) is 26.6. The van der Waals surface area contributed by atoms with E-state index in [1.807, 2.05) is 33.8 Å². The van der Waals surface area contributed by atoms with Crippen molar-refractivity contribution in [3.63, 3.8) is 0 Å². The van der Waals surface area contributed by atoms with Crippen LogP contribution in [-0.4, -0.2) is 136 Å². The van der Waals surface area contributed by atoms with Crippen LogP contribution >= 0.6 is 0 Å². The van der Waals surface area contributed by atoms with Gasteiger partial charge in [0.05, 0.1) is 43.5 Å². The Balaban J connectivity index is 1.83. The number of amides is 1. The van der Waals surface area contributed by atoms with Crippen LogP contribution in [0.3, 0.4) is 0 Å². The lowest BCUT2D eigenvalue weighted by Crippen LogP contribution is -2.64. The van der Waals surface area contributed by atoms with Gasteiger partial charge in [0.1, 0.15) is 18.2 Å². The van der Waals surface area contributed by atoms with Crippen molar-refractivity contribution in [3.05, 3.63) is 35.5 Å². The molecule has 14 atom stereocenters. The lowest BCUT2D eigenvalue weighted by atomic mass is 9.79. The van der Waals surface area contributed by atoms with Crippen molar-refractivity contribution in [2.45, 2.75) is 205 Å². The molecule has 4 rings (SSSR count). The van der Waals surface area contributed by atoms with Crippen LogP contribution in [0.15, 0.2) is 35.5 Å². The zero-order valence-electron chi connectivity index (χ0n) is 43.6. The summed E-state index contributed by atoms with van der Waals surface area (Å²) in [4.78, 5) is 57.8. The van der Waals surface area contributed by atoms with Gasteiger partial charge in [-0.1, -0.05) is 78.3 Å². The standard InChI is InChI=1S/C52H87NO13Si/c1-16-38-26-32(2)25-33(3)27-42(61-11)46-43(62-12)29-36(6)52(59,65-46)47(55)48(56)53-24-18-17-19-39(53)49(57)64-45(34(4)22-23-51(38,58)31-44(54)63-13)35(5)28-37-20-21-40(41(30-37)60-10)66-67(14,15)50(7,8)9/h22-23,26,28,33-34,36-43,45-46,58-59H,16-21,24-25,27,29-31H2,1-15H3/b23-22+,32-26+,35-28+/t33-,34+,36+,37-,38+,39-,40+,41+,42-,43-,45-,46+,51?,52+/m0/s1. The normalized spacial score (nSPS) is 38.5. The third-order valence-electron chi connectivity index (χ3n) is 15.7. The van der Waals surface area contributed by atoms with Crippen LogP contribution in [0, 0.1) is 29.6 Å². The number of methoxy groups -OCH3 is 4. The molecule has 1 aliphatic carbocycles. The summed E-state index contributed by atoms with van der Waals surface area (Å²) in [5.74, 6) is -7.71. The molecule has 14 nitrogen and oxygen atoms in total. The maximum atomic E-state index is 14.7. The van der Waals surface area contributed by atoms with Crippen LogP contribution in [-0.2, 0) is 52.0 Å². The fraction of sp³-hybridized carbons (Fsp3) is 0.808. The number of aliphatic hydroxyl groups is 2. The fourth-order valence-corrected chi connectivity index (χ4v) is 11.9. The van der Waals surface area contributed by atoms with Crippen molar-refractivity contribution in [1.29, 1.82) is 0 Å². The van der Waals surface area contributed by atoms with Gasteiger partial charge in [-0.25, -0.2) is 4.79 Å². The number of carbonyl (C=O) groups excluding carboxylic acids is 4. The van der Waals surface area contributed by atoms with Gasteiger partial charge in [0.15, 0.2) is 8.32 Å². The highest BCUT2D eigenvalue weighted by Crippen LogP contribution is 2.42. The van der Waals surface area contributed by atoms with E-state index in [4.69, 9.17) is 32.8 Å². The summed E-state index contributed by atoms with van der Waals surface area (Å²) in [6.07, 6.45) is 9.64. The molecule has 4 aliphatic rings. The predicted molar refractivity (Wildman–Crippen MR) is 259 cm³/mol. The summed E-state index contributed by atoms with van der Waals surface area (Å²) >= 11 is 0. The summed E-state index contributed by atoms with van der Waals surface area (Å²) in [7, 11) is 4.02. The van der Waals surface area contributed by atoms with Crippen LogP contribution in [0.4, 0.5) is 0 Å². The number of fused-ring (bicyclic) bond motifs is 3. The summed E-state index contributed by atoms with van der Waals surface area (Å²) in [6.45, 7) is 22.8. The van der Waals surface area contributed by atoms with E-state index in [0.717, 1.165) is 24.0 Å². The zero-order chi connectivity index (χ0) is 50.2. The molecule has 382 valence electrons. The van der Waals surface area contributed by atoms with E-state index in [9.17, 15) is 29.4 Å². The lowest BCUT2D eigenvalue weighted by molar-refractivity contribution is -0.302. The van der Waals surface area contributed by atoms with E-state index in [1.54, 1.807) is 26.2 Å². The summed E-state index contributed by atoms with van der Waals surface area (Å²) < 4.78 is 42.7. The number of ether oxygens (including phenoxy) is 6. The minimum absolute atomic E-state index is 0.00493. The van der Waals surface area contributed by atoms with Crippen LogP contribution in [0.5, 0.6) is 0 Å². The molecule has 67 heavy (non-hydrogen) atoms. The van der Waals surface area contributed by atoms with E-state index in [-0.39, 0.29) is 54.9 Å². The maximum absolute atomic E-state index is 14.7. The third-order valence-corrected chi connectivity index (χ3v) is 20.2. The number of esters is 2. The molecule has 1 amide bonds. The number of rotatable bonds is 10. The first-order chi connectivity index (χ1) is 31.3. The van der Waals surface area contributed by atoms with Gasteiger partial charge in [-0.05, 0) is 114 Å². The molecule has 2 saturated heterocycles. The average molecular weight is 962 g/mol. The third kappa shape index (κ3) is 13.8. The summed E-state index contributed by atoms with van der Waals surface area (Å²) in [6, 6.07) is -1.11. The molecule has 3 aliphatic heterocycles. The van der Waals surface area contributed by atoms with Gasteiger partial charge in [0, 0.05) is 45.6 Å². The second-order valence-electron chi connectivity index (χ2n) is 21.9. The Labute approximate surface area is 403 Å². The maximum Gasteiger partial charge on any atom is 0.329 e. The molecule has 2 bridgehead atoms. The minimum atomic E-state index is -2.51. The average Bonchev–Trinajstić information content (AvgIpc) is 3.28. The first-order valence-corrected chi connectivity index (χ1v) is 27.8. The number of hydrogen-bond donors (Lipinski definition) is 2. The van der Waals surface area contributed by atoms with E-state index in [2.05, 4.69) is 46.9 Å². The van der Waals surface area contributed by atoms with Crippen molar-refractivity contribution < 1.29 is 62.2 Å². The Morgan fingerprint density at radius 2 is 1.57 bits per heavy atom. The number of cyclic esters (lactones) is 1. The predicted octanol–water partition coefficient (Wildman–Crippen LogP) is 8.03. The largest absolute Gasteiger partial charge is 0.469 e. The quantitative estimate of drug-likeness (QED) is 0.0933. The highest BCUT2D eigenvalue weighted by molar-refractivity contribution is 6.74. The molecule has 0 aromatic heterocycles. The SMILES string of the molecule is CC[C@@H]1/C=C(\C)C[C@H](C)C[C@H](OC)[C@H]2O[C@@](O)(C(=O)C(=O)N3CCCC[C@H]3C(=O)O[C@H](/C(C)=C/[C@@H]3CC[C@@H](O[Si](C)(C)C(C)(C)C)[C@H](OC)C3)[C@H](C)/C=C/C1(O)CC(=O)OC)[C@H](C)C[C@@H]2OC. The number of Topliss-reactive ketones (excluding diaryl/α,β-unsaturated/α-hetero) is 1. The van der Waals surface area contributed by atoms with Crippen LogP contribution in [0.1, 0.15) is 133 Å². The Kier molecular flexibility index (Phi) is 20.3. The van der Waals surface area contributed by atoms with Gasteiger partial charge < -0.3 is 48.0 Å². The lowest BCUT2D eigenvalue weighted by Gasteiger charge is -2.47. The molecule has 0 aromatic rings. The molecular formula is C52H87NO13Si. The summed E-state index contributed by atoms with van der Waals surface area (Å²) in [5, 5.41) is 24.8. The molecule has 3 heterocycles. The Bertz CT molecular complexity index is 1790. The van der Waals surface area contributed by atoms with Crippen LogP contribution in [0.2, 0.25) is 18.1 Å². The Morgan fingerprint density at radius 1 is 0.925 bits per heavy atom. The van der Waals surface area contributed by atoms with E-state index in [0.29, 0.717) is 38.5 Å². The Morgan fingerprint density at radius 3 is 2.16 bits per heavy atom. The van der Waals surface area contributed by atoms with Crippen LogP contribution < -0.4 is 0 Å². The molecule has 1 unspecified atom stereocenters. The molecule has 0 radical (unpaired) electrons. The van der Waals surface area contributed by atoms with Crippen molar-refractivity contribution in [1.82, 2.24) is 4.90 Å². The highest BCUT2D eigenvalue weighted by atomic mass is 28.4. The monoisotopic (exact) mass is 962 g/mol. The molecule has 1 saturated carbocycles. The number of ketones is 1. The molecule has 0 spiro atoms. The number of nitrogens with zero attached hydrogens (tertiary/aromatic N) is 1. The number of hydrogen-bond acceptors (Lipinski definition) is 13. The topological polar surface area (TPSA) is 177 Å². The first kappa shape index (κ1) is 56.8. The van der Waals surface area contributed by atoms with Gasteiger partial charge in [-0.15, -0.1) is 0 Å². The molecule has 2 N–H and O–H groups in total. The van der Waals surface area contributed by atoms with Gasteiger partial charge in [0.2, 0.25) is 5.79 Å².